The number of amides is 1. The third-order valence-electron chi connectivity index (χ3n) is 3.11. The van der Waals surface area contributed by atoms with Crippen LogP contribution in [-0.4, -0.2) is 25.5 Å². The molecule has 0 saturated carbocycles. The number of hydrogen-bond donors (Lipinski definition) is 2. The Morgan fingerprint density at radius 3 is 2.47 bits per heavy atom. The van der Waals surface area contributed by atoms with Crippen molar-refractivity contribution in [3.8, 4) is 0 Å². The Morgan fingerprint density at radius 2 is 2.07 bits per heavy atom. The van der Waals surface area contributed by atoms with Crippen molar-refractivity contribution in [2.45, 2.75) is 34.1 Å². The molecule has 0 aliphatic carbocycles. The summed E-state index contributed by atoms with van der Waals surface area (Å²) in [6.07, 6.45) is 1.04. The average Bonchev–Trinajstić information content (AvgIpc) is 1.98. The topological polar surface area (TPSA) is 41.1 Å². The van der Waals surface area contributed by atoms with Gasteiger partial charge < -0.3 is 10.6 Å². The highest BCUT2D eigenvalue weighted by Crippen LogP contribution is 2.18. The first-order chi connectivity index (χ1) is 6.90. The molecule has 15 heavy (non-hydrogen) atoms. The molecule has 1 amide bonds. The average molecular weight is 212 g/mol. The van der Waals surface area contributed by atoms with Gasteiger partial charge in [-0.15, -0.1) is 0 Å². The van der Waals surface area contributed by atoms with Gasteiger partial charge in [0.25, 0.3) is 0 Å². The molecule has 0 bridgehead atoms. The van der Waals surface area contributed by atoms with Crippen molar-refractivity contribution in [2.75, 3.05) is 19.6 Å². The molecule has 1 aliphatic heterocycles. The van der Waals surface area contributed by atoms with Crippen molar-refractivity contribution in [1.29, 1.82) is 0 Å². The van der Waals surface area contributed by atoms with Crippen LogP contribution in [0.25, 0.3) is 0 Å². The van der Waals surface area contributed by atoms with Gasteiger partial charge in [-0.2, -0.15) is 0 Å². The van der Waals surface area contributed by atoms with Gasteiger partial charge in [0, 0.05) is 12.5 Å². The van der Waals surface area contributed by atoms with E-state index in [1.165, 1.54) is 0 Å². The molecule has 0 aromatic heterocycles. The largest absolute Gasteiger partial charge is 0.356 e. The maximum atomic E-state index is 11.7. The predicted molar refractivity (Wildman–Crippen MR) is 62.6 cm³/mol. The van der Waals surface area contributed by atoms with Crippen LogP contribution in [0.5, 0.6) is 0 Å². The summed E-state index contributed by atoms with van der Waals surface area (Å²) in [6.45, 7) is 11.4. The molecule has 0 radical (unpaired) electrons. The van der Waals surface area contributed by atoms with Crippen LogP contribution in [0.15, 0.2) is 0 Å². The van der Waals surface area contributed by atoms with Crippen LogP contribution in [-0.2, 0) is 4.79 Å². The second-order valence-electron chi connectivity index (χ2n) is 5.81. The summed E-state index contributed by atoms with van der Waals surface area (Å²) in [6, 6.07) is 0. The Bertz CT molecular complexity index is 216. The fraction of sp³-hybridized carbons (Fsp3) is 0.917. The molecular formula is C12H24N2O. The van der Waals surface area contributed by atoms with E-state index in [1.807, 2.05) is 6.92 Å². The normalized spacial score (nSPS) is 19.5. The van der Waals surface area contributed by atoms with Crippen LogP contribution in [0, 0.1) is 17.3 Å². The van der Waals surface area contributed by atoms with E-state index < -0.39 is 0 Å². The fourth-order valence-electron chi connectivity index (χ4n) is 1.60. The van der Waals surface area contributed by atoms with E-state index in [9.17, 15) is 4.79 Å². The standard InChI is InChI=1S/C12H24N2O/c1-9(10-7-13-8-10)11(15)14-6-5-12(2,3)4/h9-10,13H,5-8H2,1-4H3,(H,14,15). The molecule has 1 atom stereocenters. The first-order valence-electron chi connectivity index (χ1n) is 5.88. The van der Waals surface area contributed by atoms with Crippen LogP contribution in [0.4, 0.5) is 0 Å². The van der Waals surface area contributed by atoms with Gasteiger partial charge in [-0.1, -0.05) is 27.7 Å². The molecule has 0 aromatic rings. The van der Waals surface area contributed by atoms with E-state index in [0.29, 0.717) is 11.3 Å². The Labute approximate surface area is 93.0 Å². The maximum absolute atomic E-state index is 11.7. The van der Waals surface area contributed by atoms with Gasteiger partial charge in [0.05, 0.1) is 0 Å². The SMILES string of the molecule is CC(C(=O)NCCC(C)(C)C)C1CNC1. The van der Waals surface area contributed by atoms with E-state index in [-0.39, 0.29) is 11.8 Å². The molecule has 88 valence electrons. The maximum Gasteiger partial charge on any atom is 0.223 e. The number of rotatable bonds is 4. The van der Waals surface area contributed by atoms with Crippen molar-refractivity contribution >= 4 is 5.91 Å². The zero-order chi connectivity index (χ0) is 11.5. The summed E-state index contributed by atoms with van der Waals surface area (Å²) in [5, 5.41) is 6.22. The van der Waals surface area contributed by atoms with Crippen molar-refractivity contribution in [3.63, 3.8) is 0 Å². The lowest BCUT2D eigenvalue weighted by Gasteiger charge is -2.32. The number of nitrogens with one attached hydrogen (secondary N) is 2. The second kappa shape index (κ2) is 4.97. The van der Waals surface area contributed by atoms with Crippen molar-refractivity contribution in [2.24, 2.45) is 17.3 Å². The van der Waals surface area contributed by atoms with Crippen LogP contribution < -0.4 is 10.6 Å². The molecule has 0 spiro atoms. The minimum atomic E-state index is 0.159. The van der Waals surface area contributed by atoms with Gasteiger partial charge in [0.15, 0.2) is 0 Å². The van der Waals surface area contributed by atoms with Gasteiger partial charge in [-0.05, 0) is 30.8 Å². The molecule has 1 aliphatic rings. The summed E-state index contributed by atoms with van der Waals surface area (Å²) in [4.78, 5) is 11.7. The molecule has 1 fully saturated rings. The molecule has 1 rings (SSSR count). The molecule has 3 heteroatoms. The molecule has 1 heterocycles. The molecule has 0 aromatic carbocycles. The van der Waals surface area contributed by atoms with E-state index >= 15 is 0 Å². The van der Waals surface area contributed by atoms with Crippen molar-refractivity contribution in [1.82, 2.24) is 10.6 Å². The van der Waals surface area contributed by atoms with Crippen molar-refractivity contribution < 1.29 is 4.79 Å². The highest BCUT2D eigenvalue weighted by molar-refractivity contribution is 5.78. The van der Waals surface area contributed by atoms with Gasteiger partial charge in [0.1, 0.15) is 0 Å². The zero-order valence-corrected chi connectivity index (χ0v) is 10.4. The number of carbonyl (C=O) groups excluding carboxylic acids is 1. The summed E-state index contributed by atoms with van der Waals surface area (Å²) in [5.41, 5.74) is 0.300. The highest BCUT2D eigenvalue weighted by atomic mass is 16.1. The molecule has 2 N–H and O–H groups in total. The van der Waals surface area contributed by atoms with Gasteiger partial charge in [-0.3, -0.25) is 4.79 Å². The van der Waals surface area contributed by atoms with Crippen LogP contribution >= 0.6 is 0 Å². The summed E-state index contributed by atoms with van der Waals surface area (Å²) in [5.74, 6) is 0.914. The fourth-order valence-corrected chi connectivity index (χ4v) is 1.60. The van der Waals surface area contributed by atoms with E-state index in [2.05, 4.69) is 31.4 Å². The molecule has 1 saturated heterocycles. The second-order valence-corrected chi connectivity index (χ2v) is 5.81. The Hall–Kier alpha value is -0.570. The highest BCUT2D eigenvalue weighted by Gasteiger charge is 2.28. The zero-order valence-electron chi connectivity index (χ0n) is 10.4. The van der Waals surface area contributed by atoms with Crippen LogP contribution in [0.2, 0.25) is 0 Å². The van der Waals surface area contributed by atoms with E-state index in [1.54, 1.807) is 0 Å². The molecular weight excluding hydrogens is 188 g/mol. The van der Waals surface area contributed by atoms with Gasteiger partial charge >= 0.3 is 0 Å². The lowest BCUT2D eigenvalue weighted by Crippen LogP contribution is -2.49. The summed E-state index contributed by atoms with van der Waals surface area (Å²) < 4.78 is 0. The third kappa shape index (κ3) is 4.20. The van der Waals surface area contributed by atoms with Crippen molar-refractivity contribution in [3.05, 3.63) is 0 Å². The van der Waals surface area contributed by atoms with Gasteiger partial charge in [0.2, 0.25) is 5.91 Å². The smallest absolute Gasteiger partial charge is 0.223 e. The Balaban J connectivity index is 2.17. The summed E-state index contributed by atoms with van der Waals surface area (Å²) in [7, 11) is 0. The first-order valence-corrected chi connectivity index (χ1v) is 5.88. The number of carbonyl (C=O) groups is 1. The van der Waals surface area contributed by atoms with E-state index in [4.69, 9.17) is 0 Å². The Morgan fingerprint density at radius 1 is 1.47 bits per heavy atom. The molecule has 3 nitrogen and oxygen atoms in total. The lowest BCUT2D eigenvalue weighted by atomic mass is 9.88. The quantitative estimate of drug-likeness (QED) is 0.739. The van der Waals surface area contributed by atoms with Crippen LogP contribution in [0.3, 0.4) is 0 Å². The molecule has 1 unspecified atom stereocenters. The van der Waals surface area contributed by atoms with Gasteiger partial charge in [-0.25, -0.2) is 0 Å². The monoisotopic (exact) mass is 212 g/mol. The number of hydrogen-bond acceptors (Lipinski definition) is 2. The lowest BCUT2D eigenvalue weighted by molar-refractivity contribution is -0.126. The summed E-state index contributed by atoms with van der Waals surface area (Å²) >= 11 is 0. The first kappa shape index (κ1) is 12.5. The minimum Gasteiger partial charge on any atom is -0.356 e. The minimum absolute atomic E-state index is 0.159. The third-order valence-corrected chi connectivity index (χ3v) is 3.11. The Kier molecular flexibility index (Phi) is 4.14. The van der Waals surface area contributed by atoms with Crippen LogP contribution in [0.1, 0.15) is 34.1 Å². The predicted octanol–water partition coefficient (Wildman–Crippen LogP) is 1.39. The van der Waals surface area contributed by atoms with E-state index in [0.717, 1.165) is 26.1 Å².